The fourth-order valence-corrected chi connectivity index (χ4v) is 2.64. The molecule has 1 amide bonds. The van der Waals surface area contributed by atoms with Crippen LogP contribution in [0.1, 0.15) is 36.5 Å². The third-order valence-electron chi connectivity index (χ3n) is 3.97. The molecule has 0 heterocycles. The Morgan fingerprint density at radius 3 is 2.95 bits per heavy atom. The highest BCUT2D eigenvalue weighted by atomic mass is 19.1. The van der Waals surface area contributed by atoms with E-state index in [1.54, 1.807) is 0 Å². The lowest BCUT2D eigenvalue weighted by molar-refractivity contribution is 0.0824. The fraction of sp³-hybridized carbons (Fsp3) is 0.500. The van der Waals surface area contributed by atoms with Gasteiger partial charge < -0.3 is 15.5 Å². The average Bonchev–Trinajstić information content (AvgIpc) is 2.71. The number of aliphatic hydroxyl groups excluding tert-OH is 1. The van der Waals surface area contributed by atoms with Crippen molar-refractivity contribution < 1.29 is 19.4 Å². The Morgan fingerprint density at radius 1 is 1.58 bits per heavy atom. The molecule has 0 aromatic heterocycles. The molecule has 4 nitrogen and oxygen atoms in total. The summed E-state index contributed by atoms with van der Waals surface area (Å²) in [7, 11) is 0. The van der Waals surface area contributed by atoms with Crippen LogP contribution < -0.4 is 5.32 Å². The maximum Gasteiger partial charge on any atom is 0.258 e. The lowest BCUT2D eigenvalue weighted by atomic mass is 9.85. The van der Waals surface area contributed by atoms with Gasteiger partial charge in [-0.25, -0.2) is 4.39 Å². The molecule has 19 heavy (non-hydrogen) atoms. The lowest BCUT2D eigenvalue weighted by Crippen LogP contribution is -2.45. The first-order valence-electron chi connectivity index (χ1n) is 6.37. The Morgan fingerprint density at radius 2 is 2.32 bits per heavy atom. The Bertz CT molecular complexity index is 471. The largest absolute Gasteiger partial charge is 0.507 e. The van der Waals surface area contributed by atoms with E-state index in [4.69, 9.17) is 0 Å². The van der Waals surface area contributed by atoms with E-state index >= 15 is 0 Å². The van der Waals surface area contributed by atoms with Crippen molar-refractivity contribution in [2.45, 2.75) is 32.2 Å². The second-order valence-corrected chi connectivity index (χ2v) is 5.36. The third kappa shape index (κ3) is 2.56. The number of halogens is 1. The fourth-order valence-electron chi connectivity index (χ4n) is 2.64. The predicted octanol–water partition coefficient (Wildman–Crippen LogP) is 1.81. The summed E-state index contributed by atoms with van der Waals surface area (Å²) in [6.45, 7) is 1.87. The van der Waals surface area contributed by atoms with Gasteiger partial charge in [0.15, 0.2) is 0 Å². The zero-order valence-corrected chi connectivity index (χ0v) is 10.8. The van der Waals surface area contributed by atoms with E-state index in [0.717, 1.165) is 25.3 Å². The summed E-state index contributed by atoms with van der Waals surface area (Å²) < 4.78 is 13.6. The average molecular weight is 267 g/mol. The number of carbonyl (C=O) groups is 1. The smallest absolute Gasteiger partial charge is 0.258 e. The molecule has 0 unspecified atom stereocenters. The number of hydrogen-bond acceptors (Lipinski definition) is 3. The van der Waals surface area contributed by atoms with Gasteiger partial charge in [-0.15, -0.1) is 0 Å². The van der Waals surface area contributed by atoms with Crippen molar-refractivity contribution >= 4 is 5.91 Å². The van der Waals surface area contributed by atoms with Gasteiger partial charge in [0.2, 0.25) is 0 Å². The number of rotatable bonds is 3. The molecule has 1 aliphatic rings. The normalized spacial score (nSPS) is 26.4. The second kappa shape index (κ2) is 5.17. The number of aromatic hydroxyl groups is 1. The highest BCUT2D eigenvalue weighted by Crippen LogP contribution is 2.37. The van der Waals surface area contributed by atoms with E-state index < -0.39 is 11.7 Å². The second-order valence-electron chi connectivity index (χ2n) is 5.36. The Labute approximate surface area is 111 Å². The molecule has 0 aliphatic heterocycles. The number of aliphatic hydroxyl groups is 1. The summed E-state index contributed by atoms with van der Waals surface area (Å²) in [5.74, 6) is -1.76. The zero-order chi connectivity index (χ0) is 14.0. The Balaban J connectivity index is 2.18. The molecule has 0 radical (unpaired) electrons. The first-order valence-corrected chi connectivity index (χ1v) is 6.37. The van der Waals surface area contributed by atoms with Crippen LogP contribution in [0.25, 0.3) is 0 Å². The maximum atomic E-state index is 13.6. The summed E-state index contributed by atoms with van der Waals surface area (Å²) in [6, 6.07) is 3.55. The van der Waals surface area contributed by atoms with E-state index in [1.165, 1.54) is 12.1 Å². The van der Waals surface area contributed by atoms with Crippen molar-refractivity contribution in [3.8, 4) is 5.75 Å². The van der Waals surface area contributed by atoms with E-state index in [0.29, 0.717) is 0 Å². The highest BCUT2D eigenvalue weighted by molar-refractivity contribution is 5.97. The van der Waals surface area contributed by atoms with Crippen LogP contribution in [0.15, 0.2) is 18.2 Å². The van der Waals surface area contributed by atoms with Crippen LogP contribution >= 0.6 is 0 Å². The molecule has 1 fully saturated rings. The molecule has 1 saturated carbocycles. The summed E-state index contributed by atoms with van der Waals surface area (Å²) >= 11 is 0. The van der Waals surface area contributed by atoms with Crippen molar-refractivity contribution in [2.75, 3.05) is 6.61 Å². The van der Waals surface area contributed by atoms with Crippen molar-refractivity contribution in [2.24, 2.45) is 5.41 Å². The van der Waals surface area contributed by atoms with Gasteiger partial charge in [-0.05, 0) is 25.0 Å². The van der Waals surface area contributed by atoms with Crippen molar-refractivity contribution in [1.82, 2.24) is 5.32 Å². The molecule has 2 rings (SSSR count). The van der Waals surface area contributed by atoms with Crippen molar-refractivity contribution in [3.05, 3.63) is 29.6 Å². The molecular weight excluding hydrogens is 249 g/mol. The van der Waals surface area contributed by atoms with Crippen LogP contribution in [0.3, 0.4) is 0 Å². The van der Waals surface area contributed by atoms with E-state index in [1.807, 2.05) is 6.92 Å². The Kier molecular flexibility index (Phi) is 3.75. The topological polar surface area (TPSA) is 69.6 Å². The zero-order valence-electron chi connectivity index (χ0n) is 10.8. The number of nitrogens with one attached hydrogen (secondary N) is 1. The first-order chi connectivity index (χ1) is 8.98. The van der Waals surface area contributed by atoms with Gasteiger partial charge in [-0.3, -0.25) is 4.79 Å². The number of carbonyl (C=O) groups excluding carboxylic acids is 1. The monoisotopic (exact) mass is 267 g/mol. The molecule has 2 atom stereocenters. The van der Waals surface area contributed by atoms with E-state index in [2.05, 4.69) is 5.32 Å². The molecule has 3 N–H and O–H groups in total. The standard InChI is InChI=1S/C14H18FNO3/c1-14(8-17)7-3-6-11(14)16-13(19)12-9(15)4-2-5-10(12)18/h2,4-5,11,17-18H,3,6-8H2,1H3,(H,16,19)/t11-,14-/m1/s1. The first kappa shape index (κ1) is 13.8. The summed E-state index contributed by atoms with van der Waals surface area (Å²) in [6.07, 6.45) is 2.47. The van der Waals surface area contributed by atoms with Gasteiger partial charge >= 0.3 is 0 Å². The summed E-state index contributed by atoms with van der Waals surface area (Å²) in [5, 5.41) is 21.7. The number of phenolic OH excluding ortho intramolecular Hbond substituents is 1. The quantitative estimate of drug-likeness (QED) is 0.782. The third-order valence-corrected chi connectivity index (χ3v) is 3.97. The molecule has 1 aromatic carbocycles. The molecule has 104 valence electrons. The molecular formula is C14H18FNO3. The van der Waals surface area contributed by atoms with E-state index in [9.17, 15) is 19.4 Å². The van der Waals surface area contributed by atoms with Crippen LogP contribution in [-0.2, 0) is 0 Å². The van der Waals surface area contributed by atoms with Crippen LogP contribution in [-0.4, -0.2) is 28.8 Å². The van der Waals surface area contributed by atoms with Crippen LogP contribution in [0.4, 0.5) is 4.39 Å². The van der Waals surface area contributed by atoms with Gasteiger partial charge in [0.25, 0.3) is 5.91 Å². The molecule has 5 heteroatoms. The SMILES string of the molecule is C[C@]1(CO)CCC[C@H]1NC(=O)c1c(O)cccc1F. The van der Waals surface area contributed by atoms with Gasteiger partial charge in [0.1, 0.15) is 17.1 Å². The van der Waals surface area contributed by atoms with Gasteiger partial charge in [0, 0.05) is 11.5 Å². The molecule has 0 saturated heterocycles. The number of phenols is 1. The highest BCUT2D eigenvalue weighted by Gasteiger charge is 2.39. The van der Waals surface area contributed by atoms with Crippen LogP contribution in [0, 0.1) is 11.2 Å². The number of amides is 1. The molecule has 1 aliphatic carbocycles. The van der Waals surface area contributed by atoms with E-state index in [-0.39, 0.29) is 29.4 Å². The van der Waals surface area contributed by atoms with Crippen molar-refractivity contribution in [3.63, 3.8) is 0 Å². The summed E-state index contributed by atoms with van der Waals surface area (Å²) in [5.41, 5.74) is -0.717. The van der Waals surface area contributed by atoms with Crippen molar-refractivity contribution in [1.29, 1.82) is 0 Å². The maximum absolute atomic E-state index is 13.6. The van der Waals surface area contributed by atoms with Gasteiger partial charge in [0.05, 0.1) is 6.61 Å². The van der Waals surface area contributed by atoms with Gasteiger partial charge in [-0.1, -0.05) is 19.4 Å². The van der Waals surface area contributed by atoms with Crippen LogP contribution in [0.5, 0.6) is 5.75 Å². The minimum absolute atomic E-state index is 0.0266. The minimum atomic E-state index is -0.749. The number of benzene rings is 1. The predicted molar refractivity (Wildman–Crippen MR) is 68.4 cm³/mol. The molecule has 0 spiro atoms. The lowest BCUT2D eigenvalue weighted by Gasteiger charge is -2.30. The minimum Gasteiger partial charge on any atom is -0.507 e. The van der Waals surface area contributed by atoms with Gasteiger partial charge in [-0.2, -0.15) is 0 Å². The Hall–Kier alpha value is -1.62. The molecule has 0 bridgehead atoms. The molecule has 1 aromatic rings. The van der Waals surface area contributed by atoms with Crippen LogP contribution in [0.2, 0.25) is 0 Å². The number of hydrogen-bond donors (Lipinski definition) is 3. The summed E-state index contributed by atoms with van der Waals surface area (Å²) in [4.78, 5) is 12.1.